The summed E-state index contributed by atoms with van der Waals surface area (Å²) in [4.78, 5) is 36.4. The Hall–Kier alpha value is -3.94. The largest absolute Gasteiger partial charge is 0.383 e. The predicted molar refractivity (Wildman–Crippen MR) is 120 cm³/mol. The number of nitro benzene ring substituents is 1. The molecule has 1 atom stereocenters. The number of anilines is 3. The van der Waals surface area contributed by atoms with E-state index in [-0.39, 0.29) is 29.6 Å². The standard InChI is InChI=1S/C23H22N4O4/c1-15-13-22(28)26(23(15)29)17-9-10-20(21(14-17)27(30)31)25-12-11-24-19-8-4-6-16-5-2-3-7-18(16)19/h2-10,14-15,24-25H,11-13H2,1H3/t15-/m0/s1. The van der Waals surface area contributed by atoms with Gasteiger partial charge in [0.05, 0.1) is 10.6 Å². The topological polar surface area (TPSA) is 105 Å². The second-order valence-electron chi connectivity index (χ2n) is 7.51. The van der Waals surface area contributed by atoms with Crippen LogP contribution in [-0.2, 0) is 9.59 Å². The summed E-state index contributed by atoms with van der Waals surface area (Å²) in [7, 11) is 0. The van der Waals surface area contributed by atoms with E-state index in [2.05, 4.69) is 10.6 Å². The van der Waals surface area contributed by atoms with Gasteiger partial charge in [0.25, 0.3) is 5.69 Å². The molecular weight excluding hydrogens is 396 g/mol. The van der Waals surface area contributed by atoms with Gasteiger partial charge < -0.3 is 10.6 Å². The number of rotatable bonds is 7. The molecule has 1 fully saturated rings. The van der Waals surface area contributed by atoms with Crippen LogP contribution in [0.3, 0.4) is 0 Å². The molecule has 2 N–H and O–H groups in total. The SMILES string of the molecule is C[C@H]1CC(=O)N(c2ccc(NCCNc3cccc4ccccc34)c([N+](=O)[O-])c2)C1=O. The number of imide groups is 1. The number of nitrogens with zero attached hydrogens (tertiary/aromatic N) is 2. The lowest BCUT2D eigenvalue weighted by Crippen LogP contribution is -2.30. The van der Waals surface area contributed by atoms with Gasteiger partial charge >= 0.3 is 0 Å². The molecule has 8 nitrogen and oxygen atoms in total. The Bertz CT molecular complexity index is 1170. The number of amides is 2. The number of hydrogen-bond acceptors (Lipinski definition) is 6. The van der Waals surface area contributed by atoms with Gasteiger partial charge in [-0.2, -0.15) is 0 Å². The number of hydrogen-bond donors (Lipinski definition) is 2. The summed E-state index contributed by atoms with van der Waals surface area (Å²) in [6.07, 6.45) is 0.118. The van der Waals surface area contributed by atoms with Gasteiger partial charge in [0.15, 0.2) is 0 Å². The lowest BCUT2D eigenvalue weighted by Gasteiger charge is -2.16. The monoisotopic (exact) mass is 418 g/mol. The summed E-state index contributed by atoms with van der Waals surface area (Å²) in [6, 6.07) is 18.4. The second kappa shape index (κ2) is 8.43. The molecule has 4 rings (SSSR count). The van der Waals surface area contributed by atoms with Gasteiger partial charge in [-0.25, -0.2) is 0 Å². The van der Waals surface area contributed by atoms with Crippen LogP contribution in [0.4, 0.5) is 22.7 Å². The maximum atomic E-state index is 12.2. The minimum Gasteiger partial charge on any atom is -0.383 e. The summed E-state index contributed by atoms with van der Waals surface area (Å²) in [6.45, 7) is 2.67. The molecule has 31 heavy (non-hydrogen) atoms. The minimum atomic E-state index is -0.515. The lowest BCUT2D eigenvalue weighted by atomic mass is 10.1. The van der Waals surface area contributed by atoms with Gasteiger partial charge in [0.1, 0.15) is 5.69 Å². The van der Waals surface area contributed by atoms with Crippen molar-refractivity contribution in [2.75, 3.05) is 28.6 Å². The Morgan fingerprint density at radius 3 is 2.42 bits per heavy atom. The summed E-state index contributed by atoms with van der Waals surface area (Å²) < 4.78 is 0. The number of fused-ring (bicyclic) bond motifs is 1. The molecule has 0 saturated carbocycles. The van der Waals surface area contributed by atoms with Gasteiger partial charge in [-0.3, -0.25) is 24.6 Å². The normalized spacial score (nSPS) is 16.0. The fraction of sp³-hybridized carbons (Fsp3) is 0.217. The first-order valence-corrected chi connectivity index (χ1v) is 10.1. The summed E-state index contributed by atoms with van der Waals surface area (Å²) in [5.74, 6) is -1.09. The van der Waals surface area contributed by atoms with Crippen molar-refractivity contribution in [3.05, 3.63) is 70.8 Å². The third-order valence-corrected chi connectivity index (χ3v) is 5.35. The molecule has 0 bridgehead atoms. The highest BCUT2D eigenvalue weighted by Gasteiger charge is 2.37. The van der Waals surface area contributed by atoms with Crippen LogP contribution >= 0.6 is 0 Å². The van der Waals surface area contributed by atoms with Crippen LogP contribution in [0, 0.1) is 16.0 Å². The van der Waals surface area contributed by atoms with Crippen molar-refractivity contribution in [3.8, 4) is 0 Å². The Labute approximate surface area is 179 Å². The summed E-state index contributed by atoms with van der Waals surface area (Å²) in [5, 5.41) is 20.2. The van der Waals surface area contributed by atoms with Crippen LogP contribution in [0.1, 0.15) is 13.3 Å². The van der Waals surface area contributed by atoms with Crippen molar-refractivity contribution in [1.29, 1.82) is 0 Å². The van der Waals surface area contributed by atoms with Crippen LogP contribution in [0.15, 0.2) is 60.7 Å². The van der Waals surface area contributed by atoms with E-state index in [4.69, 9.17) is 0 Å². The number of nitro groups is 1. The zero-order valence-corrected chi connectivity index (χ0v) is 17.0. The lowest BCUT2D eigenvalue weighted by molar-refractivity contribution is -0.383. The van der Waals surface area contributed by atoms with Crippen LogP contribution in [-0.4, -0.2) is 29.8 Å². The van der Waals surface area contributed by atoms with Gasteiger partial charge in [0.2, 0.25) is 11.8 Å². The molecule has 8 heteroatoms. The van der Waals surface area contributed by atoms with E-state index >= 15 is 0 Å². The molecule has 1 aliphatic heterocycles. The molecule has 0 radical (unpaired) electrons. The molecule has 3 aromatic rings. The highest BCUT2D eigenvalue weighted by atomic mass is 16.6. The molecular formula is C23H22N4O4. The number of carbonyl (C=O) groups excluding carboxylic acids is 2. The summed E-state index contributed by atoms with van der Waals surface area (Å²) >= 11 is 0. The molecule has 0 aliphatic carbocycles. The molecule has 1 saturated heterocycles. The molecule has 0 unspecified atom stereocenters. The van der Waals surface area contributed by atoms with E-state index in [1.54, 1.807) is 13.0 Å². The fourth-order valence-electron chi connectivity index (χ4n) is 3.79. The quantitative estimate of drug-likeness (QED) is 0.258. The maximum absolute atomic E-state index is 12.2. The highest BCUT2D eigenvalue weighted by molar-refractivity contribution is 6.21. The van der Waals surface area contributed by atoms with E-state index in [1.807, 2.05) is 42.5 Å². The molecule has 3 aromatic carbocycles. The molecule has 1 heterocycles. The van der Waals surface area contributed by atoms with E-state index in [0.717, 1.165) is 21.4 Å². The van der Waals surface area contributed by atoms with Crippen LogP contribution in [0.25, 0.3) is 10.8 Å². The van der Waals surface area contributed by atoms with E-state index in [0.29, 0.717) is 18.8 Å². The highest BCUT2D eigenvalue weighted by Crippen LogP contribution is 2.33. The maximum Gasteiger partial charge on any atom is 0.294 e. The Morgan fingerprint density at radius 2 is 1.71 bits per heavy atom. The van der Waals surface area contributed by atoms with Gasteiger partial charge in [-0.1, -0.05) is 43.3 Å². The smallest absolute Gasteiger partial charge is 0.294 e. The molecule has 1 aliphatic rings. The molecule has 0 aromatic heterocycles. The molecule has 0 spiro atoms. The van der Waals surface area contributed by atoms with E-state index < -0.39 is 10.8 Å². The number of carbonyl (C=O) groups is 2. The van der Waals surface area contributed by atoms with Gasteiger partial charge in [-0.15, -0.1) is 0 Å². The van der Waals surface area contributed by atoms with Gasteiger partial charge in [-0.05, 0) is 23.6 Å². The number of nitrogens with one attached hydrogen (secondary N) is 2. The van der Waals surface area contributed by atoms with E-state index in [9.17, 15) is 19.7 Å². The van der Waals surface area contributed by atoms with Crippen LogP contribution in [0.5, 0.6) is 0 Å². The van der Waals surface area contributed by atoms with Crippen molar-refractivity contribution >= 4 is 45.3 Å². The van der Waals surface area contributed by atoms with Crippen molar-refractivity contribution < 1.29 is 14.5 Å². The van der Waals surface area contributed by atoms with Gasteiger partial charge in [0, 0.05) is 42.6 Å². The fourth-order valence-corrected chi connectivity index (χ4v) is 3.79. The Kier molecular flexibility index (Phi) is 5.53. The van der Waals surface area contributed by atoms with Crippen LogP contribution in [0.2, 0.25) is 0 Å². The third-order valence-electron chi connectivity index (χ3n) is 5.35. The molecule has 2 amide bonds. The average Bonchev–Trinajstić information content (AvgIpc) is 3.02. The first-order valence-electron chi connectivity index (χ1n) is 10.1. The Balaban J connectivity index is 1.45. The molecule has 158 valence electrons. The average molecular weight is 418 g/mol. The Morgan fingerprint density at radius 1 is 1.00 bits per heavy atom. The predicted octanol–water partition coefficient (Wildman–Crippen LogP) is 4.17. The first-order chi connectivity index (χ1) is 15.0. The van der Waals surface area contributed by atoms with Crippen molar-refractivity contribution in [3.63, 3.8) is 0 Å². The summed E-state index contributed by atoms with van der Waals surface area (Å²) in [5.41, 5.74) is 1.37. The van der Waals surface area contributed by atoms with Crippen LogP contribution < -0.4 is 15.5 Å². The second-order valence-corrected chi connectivity index (χ2v) is 7.51. The zero-order chi connectivity index (χ0) is 22.0. The van der Waals surface area contributed by atoms with E-state index in [1.165, 1.54) is 12.1 Å². The zero-order valence-electron chi connectivity index (χ0n) is 17.0. The minimum absolute atomic E-state index is 0.118. The number of benzene rings is 3. The van der Waals surface area contributed by atoms with Crippen molar-refractivity contribution in [2.45, 2.75) is 13.3 Å². The van der Waals surface area contributed by atoms with Crippen molar-refractivity contribution in [1.82, 2.24) is 0 Å². The first kappa shape index (κ1) is 20.3. The van der Waals surface area contributed by atoms with Crippen molar-refractivity contribution in [2.24, 2.45) is 5.92 Å². The third kappa shape index (κ3) is 4.05.